The predicted octanol–water partition coefficient (Wildman–Crippen LogP) is 2.48. The normalized spacial score (nSPS) is 22.9. The quantitative estimate of drug-likeness (QED) is 0.894. The number of hydrogen-bond donors (Lipinski definition) is 1. The van der Waals surface area contributed by atoms with Crippen LogP contribution in [-0.2, 0) is 0 Å². The van der Waals surface area contributed by atoms with Crippen molar-refractivity contribution < 1.29 is 4.39 Å². The highest BCUT2D eigenvalue weighted by atomic mass is 19.1. The number of nitrogens with two attached hydrogens (primary N) is 1. The first kappa shape index (κ1) is 13.4. The summed E-state index contributed by atoms with van der Waals surface area (Å²) >= 11 is 0. The molecule has 18 heavy (non-hydrogen) atoms. The molecule has 0 bridgehead atoms. The molecule has 2 rings (SSSR count). The van der Waals surface area contributed by atoms with Crippen LogP contribution in [0.25, 0.3) is 0 Å². The number of rotatable bonds is 4. The van der Waals surface area contributed by atoms with Gasteiger partial charge in [0.2, 0.25) is 0 Å². The molecular formula is C14H22FN3. The summed E-state index contributed by atoms with van der Waals surface area (Å²) in [6.07, 6.45) is 7.73. The molecule has 1 aromatic heterocycles. The van der Waals surface area contributed by atoms with Gasteiger partial charge in [-0.25, -0.2) is 4.39 Å². The summed E-state index contributed by atoms with van der Waals surface area (Å²) in [5.41, 5.74) is 6.64. The molecular weight excluding hydrogens is 229 g/mol. The monoisotopic (exact) mass is 251 g/mol. The summed E-state index contributed by atoms with van der Waals surface area (Å²) in [5.74, 6) is -0.258. The van der Waals surface area contributed by atoms with Crippen LogP contribution in [0.2, 0.25) is 0 Å². The average Bonchev–Trinajstić information content (AvgIpc) is 2.39. The molecule has 4 heteroatoms. The van der Waals surface area contributed by atoms with Gasteiger partial charge in [0.25, 0.3) is 0 Å². The van der Waals surface area contributed by atoms with E-state index < -0.39 is 0 Å². The molecule has 1 aliphatic heterocycles. The van der Waals surface area contributed by atoms with Crippen LogP contribution < -0.4 is 5.73 Å². The highest BCUT2D eigenvalue weighted by Gasteiger charge is 2.26. The van der Waals surface area contributed by atoms with Gasteiger partial charge in [-0.05, 0) is 50.9 Å². The third kappa shape index (κ3) is 3.06. The van der Waals surface area contributed by atoms with Crippen LogP contribution in [0.1, 0.15) is 44.2 Å². The minimum Gasteiger partial charge on any atom is -0.330 e. The Morgan fingerprint density at radius 1 is 1.50 bits per heavy atom. The van der Waals surface area contributed by atoms with Crippen molar-refractivity contribution in [1.29, 1.82) is 0 Å². The summed E-state index contributed by atoms with van der Waals surface area (Å²) in [5, 5.41) is 0. The predicted molar refractivity (Wildman–Crippen MR) is 70.6 cm³/mol. The van der Waals surface area contributed by atoms with Crippen LogP contribution in [0, 0.1) is 5.82 Å². The zero-order chi connectivity index (χ0) is 13.0. The Morgan fingerprint density at radius 2 is 2.33 bits per heavy atom. The zero-order valence-electron chi connectivity index (χ0n) is 11.0. The second kappa shape index (κ2) is 6.25. The van der Waals surface area contributed by atoms with Gasteiger partial charge in [0.05, 0.1) is 6.20 Å². The summed E-state index contributed by atoms with van der Waals surface area (Å²) in [7, 11) is 0. The van der Waals surface area contributed by atoms with Crippen molar-refractivity contribution in [3.8, 4) is 0 Å². The van der Waals surface area contributed by atoms with Crippen molar-refractivity contribution in [2.24, 2.45) is 5.73 Å². The molecule has 0 aliphatic carbocycles. The maximum Gasteiger partial charge on any atom is 0.141 e. The van der Waals surface area contributed by atoms with Gasteiger partial charge >= 0.3 is 0 Å². The van der Waals surface area contributed by atoms with Gasteiger partial charge in [0.15, 0.2) is 0 Å². The summed E-state index contributed by atoms with van der Waals surface area (Å²) in [6, 6.07) is 2.33. The van der Waals surface area contributed by atoms with Crippen LogP contribution in [0.15, 0.2) is 18.5 Å². The van der Waals surface area contributed by atoms with Crippen molar-refractivity contribution in [1.82, 2.24) is 9.88 Å². The third-order valence-corrected chi connectivity index (χ3v) is 3.88. The van der Waals surface area contributed by atoms with Crippen LogP contribution in [0.4, 0.5) is 4.39 Å². The highest BCUT2D eigenvalue weighted by Crippen LogP contribution is 2.29. The molecule has 1 aromatic rings. The van der Waals surface area contributed by atoms with Crippen molar-refractivity contribution in [3.63, 3.8) is 0 Å². The maximum atomic E-state index is 13.2. The van der Waals surface area contributed by atoms with Gasteiger partial charge in [-0.2, -0.15) is 0 Å². The van der Waals surface area contributed by atoms with Crippen LogP contribution in [0.3, 0.4) is 0 Å². The van der Waals surface area contributed by atoms with Gasteiger partial charge in [0.1, 0.15) is 5.82 Å². The minimum atomic E-state index is -0.258. The molecule has 1 fully saturated rings. The maximum absolute atomic E-state index is 13.2. The number of hydrogen-bond acceptors (Lipinski definition) is 3. The molecule has 2 heterocycles. The first-order valence-corrected chi connectivity index (χ1v) is 6.78. The smallest absolute Gasteiger partial charge is 0.141 e. The molecule has 0 saturated carbocycles. The highest BCUT2D eigenvalue weighted by molar-refractivity contribution is 5.15. The molecule has 1 saturated heterocycles. The summed E-state index contributed by atoms with van der Waals surface area (Å²) in [4.78, 5) is 6.40. The molecule has 0 aromatic carbocycles. The molecule has 0 amide bonds. The number of nitrogens with zero attached hydrogens (tertiary/aromatic N) is 2. The molecule has 3 nitrogen and oxygen atoms in total. The van der Waals surface area contributed by atoms with E-state index in [9.17, 15) is 4.39 Å². The number of pyridine rings is 1. The Balaban J connectivity index is 2.12. The third-order valence-electron chi connectivity index (χ3n) is 3.88. The van der Waals surface area contributed by atoms with E-state index in [1.807, 2.05) is 0 Å². The molecule has 100 valence electrons. The zero-order valence-corrected chi connectivity index (χ0v) is 11.0. The lowest BCUT2D eigenvalue weighted by atomic mass is 9.95. The van der Waals surface area contributed by atoms with Crippen LogP contribution in [-0.4, -0.2) is 29.0 Å². The van der Waals surface area contributed by atoms with Crippen molar-refractivity contribution in [2.75, 3.05) is 13.1 Å². The van der Waals surface area contributed by atoms with Crippen LogP contribution in [0.5, 0.6) is 0 Å². The topological polar surface area (TPSA) is 42.2 Å². The van der Waals surface area contributed by atoms with Gasteiger partial charge < -0.3 is 5.73 Å². The van der Waals surface area contributed by atoms with E-state index in [-0.39, 0.29) is 11.9 Å². The molecule has 0 spiro atoms. The molecule has 2 N–H and O–H groups in total. The van der Waals surface area contributed by atoms with Crippen molar-refractivity contribution in [3.05, 3.63) is 29.8 Å². The second-order valence-electron chi connectivity index (χ2n) is 5.08. The summed E-state index contributed by atoms with van der Waals surface area (Å²) < 4.78 is 13.2. The molecule has 2 unspecified atom stereocenters. The van der Waals surface area contributed by atoms with Crippen molar-refractivity contribution in [2.45, 2.75) is 44.7 Å². The Bertz CT molecular complexity index is 381. The van der Waals surface area contributed by atoms with Gasteiger partial charge in [-0.15, -0.1) is 0 Å². The Morgan fingerprint density at radius 3 is 3.06 bits per heavy atom. The standard InChI is InChI=1S/C14H22FN3/c1-11(12-8-13(15)10-17-9-12)18-7-3-2-4-14(18)5-6-16/h8-11,14H,2-7,16H2,1H3. The van der Waals surface area contributed by atoms with E-state index in [1.54, 1.807) is 12.3 Å². The summed E-state index contributed by atoms with van der Waals surface area (Å²) in [6.45, 7) is 3.92. The number of halogens is 1. The lowest BCUT2D eigenvalue weighted by Gasteiger charge is -2.40. The van der Waals surface area contributed by atoms with E-state index in [1.165, 1.54) is 25.5 Å². The Labute approximate surface area is 108 Å². The SMILES string of the molecule is CC(c1cncc(F)c1)N1CCCCC1CCN. The van der Waals surface area contributed by atoms with E-state index in [4.69, 9.17) is 5.73 Å². The number of piperidine rings is 1. The minimum absolute atomic E-state index is 0.213. The fourth-order valence-corrected chi connectivity index (χ4v) is 2.88. The molecule has 2 atom stereocenters. The largest absolute Gasteiger partial charge is 0.330 e. The van der Waals surface area contributed by atoms with Crippen LogP contribution >= 0.6 is 0 Å². The van der Waals surface area contributed by atoms with E-state index in [0.29, 0.717) is 6.04 Å². The molecule has 0 radical (unpaired) electrons. The number of likely N-dealkylation sites (tertiary alicyclic amines) is 1. The first-order chi connectivity index (χ1) is 8.72. The molecule has 1 aliphatic rings. The lowest BCUT2D eigenvalue weighted by Crippen LogP contribution is -2.42. The second-order valence-corrected chi connectivity index (χ2v) is 5.08. The van der Waals surface area contributed by atoms with Gasteiger partial charge in [0, 0.05) is 18.3 Å². The fourth-order valence-electron chi connectivity index (χ4n) is 2.88. The van der Waals surface area contributed by atoms with Gasteiger partial charge in [-0.1, -0.05) is 6.42 Å². The fraction of sp³-hybridized carbons (Fsp3) is 0.643. The lowest BCUT2D eigenvalue weighted by molar-refractivity contribution is 0.0981. The Hall–Kier alpha value is -1.00. The Kier molecular flexibility index (Phi) is 4.66. The van der Waals surface area contributed by atoms with E-state index in [2.05, 4.69) is 16.8 Å². The average molecular weight is 251 g/mol. The number of aromatic nitrogens is 1. The van der Waals surface area contributed by atoms with Crippen molar-refractivity contribution >= 4 is 0 Å². The first-order valence-electron chi connectivity index (χ1n) is 6.78. The van der Waals surface area contributed by atoms with Gasteiger partial charge in [-0.3, -0.25) is 9.88 Å². The van der Waals surface area contributed by atoms with E-state index >= 15 is 0 Å². The van der Waals surface area contributed by atoms with E-state index in [0.717, 1.165) is 25.1 Å².